The molecule has 0 unspecified atom stereocenters. The highest BCUT2D eigenvalue weighted by atomic mass is 35.5. The average Bonchev–Trinajstić information content (AvgIpc) is 2.61. The van der Waals surface area contributed by atoms with Gasteiger partial charge in [0.05, 0.1) is 10.6 Å². The zero-order valence-electron chi connectivity index (χ0n) is 14.4. The Morgan fingerprint density at radius 1 is 1.04 bits per heavy atom. The van der Waals surface area contributed by atoms with Crippen molar-refractivity contribution in [2.75, 3.05) is 11.4 Å². The van der Waals surface area contributed by atoms with E-state index < -0.39 is 15.8 Å². The number of rotatable bonds is 5. The lowest BCUT2D eigenvalue weighted by Gasteiger charge is -2.19. The second-order valence-electron chi connectivity index (χ2n) is 5.60. The van der Waals surface area contributed by atoms with Crippen molar-refractivity contribution in [3.63, 3.8) is 0 Å². The van der Waals surface area contributed by atoms with Gasteiger partial charge >= 0.3 is 0 Å². The number of aromatic nitrogens is 2. The van der Waals surface area contributed by atoms with Crippen LogP contribution in [0.1, 0.15) is 5.82 Å². The summed E-state index contributed by atoms with van der Waals surface area (Å²) >= 11 is 5.87. The Labute approximate surface area is 161 Å². The molecule has 0 saturated carbocycles. The van der Waals surface area contributed by atoms with Crippen LogP contribution >= 0.6 is 11.6 Å². The SMILES string of the molecule is Cc1nc(Cl)cc(Oc2ccc(N(C)S(=O)(=O)c3ccc(F)cc3)cc2)n1. The first-order valence-corrected chi connectivity index (χ1v) is 9.61. The predicted octanol–water partition coefficient (Wildman–Crippen LogP) is 4.19. The highest BCUT2D eigenvalue weighted by molar-refractivity contribution is 7.92. The van der Waals surface area contributed by atoms with Crippen molar-refractivity contribution in [3.8, 4) is 11.6 Å². The summed E-state index contributed by atoms with van der Waals surface area (Å²) in [6.45, 7) is 1.69. The highest BCUT2D eigenvalue weighted by Gasteiger charge is 2.21. The number of ether oxygens (including phenoxy) is 1. The lowest BCUT2D eigenvalue weighted by molar-refractivity contribution is 0.460. The number of hydrogen-bond acceptors (Lipinski definition) is 5. The van der Waals surface area contributed by atoms with Gasteiger partial charge in [-0.2, -0.15) is 4.98 Å². The molecule has 0 bridgehead atoms. The summed E-state index contributed by atoms with van der Waals surface area (Å²) in [5.74, 6) is 0.713. The fraction of sp³-hybridized carbons (Fsp3) is 0.111. The van der Waals surface area contributed by atoms with Gasteiger partial charge in [0.15, 0.2) is 0 Å². The highest BCUT2D eigenvalue weighted by Crippen LogP contribution is 2.27. The summed E-state index contributed by atoms with van der Waals surface area (Å²) < 4.78 is 45.0. The van der Waals surface area contributed by atoms with Gasteiger partial charge in [-0.05, 0) is 55.5 Å². The van der Waals surface area contributed by atoms with Gasteiger partial charge in [0.25, 0.3) is 10.0 Å². The van der Waals surface area contributed by atoms with Crippen molar-refractivity contribution in [1.82, 2.24) is 9.97 Å². The fourth-order valence-corrected chi connectivity index (χ4v) is 3.72. The zero-order chi connectivity index (χ0) is 19.6. The van der Waals surface area contributed by atoms with Gasteiger partial charge in [-0.15, -0.1) is 0 Å². The summed E-state index contributed by atoms with van der Waals surface area (Å²) in [5.41, 5.74) is 0.420. The van der Waals surface area contributed by atoms with E-state index in [-0.39, 0.29) is 15.9 Å². The molecule has 2 aromatic carbocycles. The summed E-state index contributed by atoms with van der Waals surface area (Å²) in [7, 11) is -2.39. The minimum Gasteiger partial charge on any atom is -0.439 e. The summed E-state index contributed by atoms with van der Waals surface area (Å²) in [4.78, 5) is 8.07. The molecule has 6 nitrogen and oxygen atoms in total. The molecule has 0 N–H and O–H groups in total. The van der Waals surface area contributed by atoms with E-state index in [1.54, 1.807) is 31.2 Å². The molecule has 9 heteroatoms. The van der Waals surface area contributed by atoms with Crippen molar-refractivity contribution < 1.29 is 17.5 Å². The van der Waals surface area contributed by atoms with Crippen molar-refractivity contribution in [2.45, 2.75) is 11.8 Å². The normalized spacial score (nSPS) is 11.3. The van der Waals surface area contributed by atoms with Crippen molar-refractivity contribution in [3.05, 3.63) is 71.4 Å². The molecule has 27 heavy (non-hydrogen) atoms. The molecule has 0 saturated heterocycles. The topological polar surface area (TPSA) is 72.4 Å². The lowest BCUT2D eigenvalue weighted by atomic mass is 10.3. The van der Waals surface area contributed by atoms with Gasteiger partial charge in [0, 0.05) is 13.1 Å². The minimum absolute atomic E-state index is 0.00201. The average molecular weight is 408 g/mol. The number of aryl methyl sites for hydroxylation is 1. The molecule has 3 aromatic rings. The summed E-state index contributed by atoms with van der Waals surface area (Å²) in [5, 5.41) is 0.263. The first-order valence-electron chi connectivity index (χ1n) is 7.79. The minimum atomic E-state index is -3.80. The van der Waals surface area contributed by atoms with E-state index in [2.05, 4.69) is 9.97 Å². The summed E-state index contributed by atoms with van der Waals surface area (Å²) in [6, 6.07) is 12.5. The zero-order valence-corrected chi connectivity index (χ0v) is 16.0. The van der Waals surface area contributed by atoms with Crippen molar-refractivity contribution in [1.29, 1.82) is 0 Å². The van der Waals surface area contributed by atoms with E-state index in [1.807, 2.05) is 0 Å². The maximum absolute atomic E-state index is 13.0. The molecule has 0 aliphatic heterocycles. The molecular formula is C18H15ClFN3O3S. The molecule has 0 radical (unpaired) electrons. The second kappa shape index (κ2) is 7.50. The van der Waals surface area contributed by atoms with E-state index in [0.29, 0.717) is 17.3 Å². The largest absolute Gasteiger partial charge is 0.439 e. The van der Waals surface area contributed by atoms with Crippen LogP contribution in [0.15, 0.2) is 59.5 Å². The molecule has 1 heterocycles. The molecule has 0 spiro atoms. The molecule has 0 aliphatic carbocycles. The molecule has 0 atom stereocenters. The number of hydrogen-bond donors (Lipinski definition) is 0. The molecule has 3 rings (SSSR count). The van der Waals surface area contributed by atoms with E-state index in [1.165, 1.54) is 25.2 Å². The van der Waals surface area contributed by atoms with Gasteiger partial charge in [0.2, 0.25) is 5.88 Å². The Bertz CT molecular complexity index is 1040. The second-order valence-corrected chi connectivity index (χ2v) is 7.96. The number of halogens is 2. The standard InChI is InChI=1S/C18H15ClFN3O3S/c1-12-21-17(19)11-18(22-12)26-15-7-5-14(6-8-15)23(2)27(24,25)16-9-3-13(20)4-10-16/h3-11H,1-2H3. The van der Waals surface area contributed by atoms with Crippen LogP contribution in [-0.4, -0.2) is 25.4 Å². The number of sulfonamides is 1. The van der Waals surface area contributed by atoms with Crippen LogP contribution in [0.25, 0.3) is 0 Å². The van der Waals surface area contributed by atoms with Crippen LogP contribution in [0.2, 0.25) is 5.15 Å². The maximum atomic E-state index is 13.0. The monoisotopic (exact) mass is 407 g/mol. The third-order valence-electron chi connectivity index (χ3n) is 3.68. The Kier molecular flexibility index (Phi) is 5.29. The molecule has 140 valence electrons. The fourth-order valence-electron chi connectivity index (χ4n) is 2.31. The summed E-state index contributed by atoms with van der Waals surface area (Å²) in [6.07, 6.45) is 0. The Morgan fingerprint density at radius 2 is 1.67 bits per heavy atom. The van der Waals surface area contributed by atoms with E-state index >= 15 is 0 Å². The first kappa shape index (κ1) is 19.1. The third kappa shape index (κ3) is 4.35. The molecule has 0 aliphatic rings. The molecule has 0 amide bonds. The van der Waals surface area contributed by atoms with Crippen LogP contribution in [0, 0.1) is 12.7 Å². The van der Waals surface area contributed by atoms with Crippen LogP contribution in [0.5, 0.6) is 11.6 Å². The maximum Gasteiger partial charge on any atom is 0.264 e. The Balaban J connectivity index is 1.81. The van der Waals surface area contributed by atoms with Gasteiger partial charge < -0.3 is 4.74 Å². The van der Waals surface area contributed by atoms with Crippen LogP contribution < -0.4 is 9.04 Å². The number of anilines is 1. The van der Waals surface area contributed by atoms with Gasteiger partial charge in [-0.25, -0.2) is 17.8 Å². The van der Waals surface area contributed by atoms with Gasteiger partial charge in [-0.1, -0.05) is 11.6 Å². The number of nitrogens with zero attached hydrogens (tertiary/aromatic N) is 3. The van der Waals surface area contributed by atoms with E-state index in [4.69, 9.17) is 16.3 Å². The van der Waals surface area contributed by atoms with Crippen LogP contribution in [-0.2, 0) is 10.0 Å². The van der Waals surface area contributed by atoms with Crippen molar-refractivity contribution >= 4 is 27.3 Å². The Hall–Kier alpha value is -2.71. The van der Waals surface area contributed by atoms with E-state index in [9.17, 15) is 12.8 Å². The molecular weight excluding hydrogens is 393 g/mol. The lowest BCUT2D eigenvalue weighted by Crippen LogP contribution is -2.26. The van der Waals surface area contributed by atoms with Crippen molar-refractivity contribution in [2.24, 2.45) is 0 Å². The van der Waals surface area contributed by atoms with Gasteiger partial charge in [-0.3, -0.25) is 4.31 Å². The smallest absolute Gasteiger partial charge is 0.264 e. The van der Waals surface area contributed by atoms with E-state index in [0.717, 1.165) is 16.4 Å². The molecule has 1 aromatic heterocycles. The van der Waals surface area contributed by atoms with Gasteiger partial charge in [0.1, 0.15) is 22.5 Å². The number of benzene rings is 2. The quantitative estimate of drug-likeness (QED) is 0.593. The predicted molar refractivity (Wildman–Crippen MR) is 100 cm³/mol. The Morgan fingerprint density at radius 3 is 2.26 bits per heavy atom. The van der Waals surface area contributed by atoms with Crippen LogP contribution in [0.3, 0.4) is 0 Å². The third-order valence-corrected chi connectivity index (χ3v) is 5.67. The van der Waals surface area contributed by atoms with Crippen LogP contribution in [0.4, 0.5) is 10.1 Å². The first-order chi connectivity index (χ1) is 12.8. The molecule has 0 fully saturated rings.